The number of rotatable bonds is 9. The highest BCUT2D eigenvalue weighted by Crippen LogP contribution is 2.34. The number of amides is 2. The first-order chi connectivity index (χ1) is 20.5. The molecule has 10 heteroatoms. The van der Waals surface area contributed by atoms with Gasteiger partial charge in [-0.3, -0.25) is 9.78 Å². The molecule has 1 saturated heterocycles. The van der Waals surface area contributed by atoms with Crippen molar-refractivity contribution < 1.29 is 33.0 Å². The second kappa shape index (κ2) is 13.8. The Balaban J connectivity index is 1.65. The molecular weight excluding hydrogens is 553 g/mol. The fourth-order valence-corrected chi connectivity index (χ4v) is 4.95. The largest absolute Gasteiger partial charge is 0.490 e. The van der Waals surface area contributed by atoms with Crippen LogP contribution in [-0.4, -0.2) is 66.3 Å². The number of nitrogens with one attached hydrogen (secondary N) is 1. The molecule has 0 spiro atoms. The van der Waals surface area contributed by atoms with Crippen LogP contribution in [0, 0.1) is 5.82 Å². The Kier molecular flexibility index (Phi) is 10.2. The number of piperidine rings is 1. The molecule has 1 N–H and O–H groups in total. The van der Waals surface area contributed by atoms with Gasteiger partial charge in [0.25, 0.3) is 5.91 Å². The highest BCUT2D eigenvalue weighted by Gasteiger charge is 2.29. The molecule has 0 atom stereocenters. The Morgan fingerprint density at radius 3 is 2.37 bits per heavy atom. The minimum Gasteiger partial charge on any atom is -0.490 e. The number of hydrogen-bond donors (Lipinski definition) is 1. The molecule has 1 aliphatic rings. The van der Waals surface area contributed by atoms with E-state index in [-0.39, 0.29) is 40.7 Å². The van der Waals surface area contributed by atoms with Crippen molar-refractivity contribution in [2.45, 2.75) is 71.4 Å². The number of esters is 1. The van der Waals surface area contributed by atoms with Gasteiger partial charge in [0.1, 0.15) is 22.5 Å². The standard InChI is InChI=1S/C33H40FN3O6/c1-6-7-16-42-29-27(31(39)41-5)19-26(25-18-22(20-35-28(25)29)17-21-8-10-23(34)11-9-21)30(38)36-24-12-14-37(15-13-24)32(40)43-33(2,3)4/h8-11,18-20,24H,6-7,12-17H2,1-5H3,(H,36,38). The van der Waals surface area contributed by atoms with E-state index < -0.39 is 11.6 Å². The molecule has 2 amide bonds. The number of unbranched alkanes of at least 4 members (excludes halogenated alkanes) is 1. The van der Waals surface area contributed by atoms with E-state index in [1.54, 1.807) is 23.2 Å². The summed E-state index contributed by atoms with van der Waals surface area (Å²) in [6.45, 7) is 8.77. The Morgan fingerprint density at radius 1 is 1.05 bits per heavy atom. The minimum absolute atomic E-state index is 0.120. The Morgan fingerprint density at radius 2 is 1.74 bits per heavy atom. The number of pyridine rings is 1. The number of methoxy groups -OCH3 is 1. The fourth-order valence-electron chi connectivity index (χ4n) is 4.95. The van der Waals surface area contributed by atoms with Crippen LogP contribution < -0.4 is 10.1 Å². The van der Waals surface area contributed by atoms with Crippen LogP contribution in [-0.2, 0) is 15.9 Å². The second-order valence-electron chi connectivity index (χ2n) is 11.8. The van der Waals surface area contributed by atoms with Crippen molar-refractivity contribution in [3.63, 3.8) is 0 Å². The van der Waals surface area contributed by atoms with E-state index in [4.69, 9.17) is 14.2 Å². The molecule has 3 aromatic rings. The monoisotopic (exact) mass is 593 g/mol. The highest BCUT2D eigenvalue weighted by molar-refractivity contribution is 6.12. The molecule has 0 aliphatic carbocycles. The number of likely N-dealkylation sites (tertiary alicyclic amines) is 1. The molecule has 2 aromatic carbocycles. The molecule has 0 radical (unpaired) electrons. The van der Waals surface area contributed by atoms with Gasteiger partial charge in [-0.25, -0.2) is 14.0 Å². The summed E-state index contributed by atoms with van der Waals surface area (Å²) in [6.07, 6.45) is 4.55. The number of halogens is 1. The average Bonchev–Trinajstić information content (AvgIpc) is 2.97. The maximum absolute atomic E-state index is 13.8. The van der Waals surface area contributed by atoms with Crippen molar-refractivity contribution in [3.8, 4) is 5.75 Å². The summed E-state index contributed by atoms with van der Waals surface area (Å²) in [7, 11) is 1.28. The van der Waals surface area contributed by atoms with Gasteiger partial charge < -0.3 is 24.4 Å². The lowest BCUT2D eigenvalue weighted by molar-refractivity contribution is 0.0199. The maximum Gasteiger partial charge on any atom is 0.410 e. The molecular formula is C33H40FN3O6. The van der Waals surface area contributed by atoms with Gasteiger partial charge in [0, 0.05) is 36.3 Å². The van der Waals surface area contributed by atoms with Gasteiger partial charge >= 0.3 is 12.1 Å². The molecule has 4 rings (SSSR count). The lowest BCUT2D eigenvalue weighted by Gasteiger charge is -2.33. The van der Waals surface area contributed by atoms with E-state index in [1.165, 1.54) is 25.3 Å². The van der Waals surface area contributed by atoms with Crippen molar-refractivity contribution in [2.75, 3.05) is 26.8 Å². The van der Waals surface area contributed by atoms with Crippen molar-refractivity contribution >= 4 is 28.9 Å². The van der Waals surface area contributed by atoms with Crippen molar-refractivity contribution in [1.29, 1.82) is 0 Å². The van der Waals surface area contributed by atoms with E-state index in [9.17, 15) is 18.8 Å². The first-order valence-corrected chi connectivity index (χ1v) is 14.7. The number of aromatic nitrogens is 1. The molecule has 1 aliphatic heterocycles. The highest BCUT2D eigenvalue weighted by atomic mass is 19.1. The summed E-state index contributed by atoms with van der Waals surface area (Å²) in [5.74, 6) is -1.05. The second-order valence-corrected chi connectivity index (χ2v) is 11.8. The third kappa shape index (κ3) is 8.21. The Bertz CT molecular complexity index is 1460. The van der Waals surface area contributed by atoms with Crippen LogP contribution in [0.15, 0.2) is 42.6 Å². The first-order valence-electron chi connectivity index (χ1n) is 14.7. The van der Waals surface area contributed by atoms with Crippen LogP contribution in [0.25, 0.3) is 10.9 Å². The molecule has 2 heterocycles. The lowest BCUT2D eigenvalue weighted by atomic mass is 9.98. The third-order valence-electron chi connectivity index (χ3n) is 7.18. The number of carbonyl (C=O) groups is 3. The number of benzene rings is 2. The zero-order valence-corrected chi connectivity index (χ0v) is 25.5. The van der Waals surface area contributed by atoms with Crippen LogP contribution in [0.1, 0.15) is 85.2 Å². The van der Waals surface area contributed by atoms with Gasteiger partial charge in [0.05, 0.1) is 13.7 Å². The van der Waals surface area contributed by atoms with Crippen molar-refractivity contribution in [2.24, 2.45) is 0 Å². The topological polar surface area (TPSA) is 107 Å². The lowest BCUT2D eigenvalue weighted by Crippen LogP contribution is -2.47. The van der Waals surface area contributed by atoms with Crippen LogP contribution in [0.2, 0.25) is 0 Å². The van der Waals surface area contributed by atoms with E-state index in [2.05, 4.69) is 10.3 Å². The predicted octanol–water partition coefficient (Wildman–Crippen LogP) is 6.06. The SMILES string of the molecule is CCCCOc1c(C(=O)OC)cc(C(=O)NC2CCN(C(=O)OC(C)(C)C)CC2)c2cc(Cc3ccc(F)cc3)cnc12. The van der Waals surface area contributed by atoms with Gasteiger partial charge in [-0.1, -0.05) is 25.5 Å². The molecule has 0 saturated carbocycles. The van der Waals surface area contributed by atoms with Gasteiger partial charge in [-0.15, -0.1) is 0 Å². The minimum atomic E-state index is -0.634. The third-order valence-corrected chi connectivity index (χ3v) is 7.18. The Labute approximate surface area is 251 Å². The van der Waals surface area contributed by atoms with E-state index >= 15 is 0 Å². The van der Waals surface area contributed by atoms with Gasteiger partial charge in [-0.05, 0) is 81.8 Å². The van der Waals surface area contributed by atoms with Crippen LogP contribution >= 0.6 is 0 Å². The van der Waals surface area contributed by atoms with Crippen LogP contribution in [0.5, 0.6) is 5.75 Å². The molecule has 0 bridgehead atoms. The normalized spacial score (nSPS) is 14.0. The molecule has 1 fully saturated rings. The zero-order chi connectivity index (χ0) is 31.1. The average molecular weight is 594 g/mol. The maximum atomic E-state index is 13.8. The Hall–Kier alpha value is -4.21. The van der Waals surface area contributed by atoms with Crippen LogP contribution in [0.4, 0.5) is 9.18 Å². The smallest absolute Gasteiger partial charge is 0.410 e. The molecule has 0 unspecified atom stereocenters. The van der Waals surface area contributed by atoms with Gasteiger partial charge in [0.15, 0.2) is 5.75 Å². The quantitative estimate of drug-likeness (QED) is 0.237. The van der Waals surface area contributed by atoms with E-state index in [0.717, 1.165) is 24.0 Å². The summed E-state index contributed by atoms with van der Waals surface area (Å²) >= 11 is 0. The summed E-state index contributed by atoms with van der Waals surface area (Å²) < 4.78 is 30.0. The zero-order valence-electron chi connectivity index (χ0n) is 25.5. The summed E-state index contributed by atoms with van der Waals surface area (Å²) in [5.41, 5.74) is 1.87. The molecule has 230 valence electrons. The summed E-state index contributed by atoms with van der Waals surface area (Å²) in [5, 5.41) is 3.62. The fraction of sp³-hybridized carbons (Fsp3) is 0.455. The number of hydrogen-bond acceptors (Lipinski definition) is 7. The van der Waals surface area contributed by atoms with Gasteiger partial charge in [-0.2, -0.15) is 0 Å². The first kappa shape index (κ1) is 31.7. The summed E-state index contributed by atoms with van der Waals surface area (Å²) in [4.78, 5) is 45.4. The number of fused-ring (bicyclic) bond motifs is 1. The van der Waals surface area contributed by atoms with E-state index in [1.807, 2.05) is 33.8 Å². The number of carbonyl (C=O) groups excluding carboxylic acids is 3. The van der Waals surface area contributed by atoms with E-state index in [0.29, 0.717) is 49.9 Å². The van der Waals surface area contributed by atoms with Gasteiger partial charge in [0.2, 0.25) is 0 Å². The predicted molar refractivity (Wildman–Crippen MR) is 161 cm³/mol. The van der Waals surface area contributed by atoms with Crippen LogP contribution in [0.3, 0.4) is 0 Å². The molecule has 43 heavy (non-hydrogen) atoms. The van der Waals surface area contributed by atoms with Crippen molar-refractivity contribution in [3.05, 3.63) is 70.7 Å². The molecule has 1 aromatic heterocycles. The number of ether oxygens (including phenoxy) is 3. The number of nitrogens with zero attached hydrogens (tertiary/aromatic N) is 2. The molecule has 9 nitrogen and oxygen atoms in total. The summed E-state index contributed by atoms with van der Waals surface area (Å²) in [6, 6.07) is 9.40. The van der Waals surface area contributed by atoms with Crippen molar-refractivity contribution in [1.82, 2.24) is 15.2 Å².